The van der Waals surface area contributed by atoms with E-state index in [1.807, 2.05) is 10.9 Å². The number of aromatic nitrogens is 2. The molecule has 1 aromatic rings. The van der Waals surface area contributed by atoms with Crippen molar-refractivity contribution < 1.29 is 0 Å². The smallest absolute Gasteiger partial charge is 0.0762 e. The molecule has 0 bridgehead atoms. The van der Waals surface area contributed by atoms with Gasteiger partial charge in [-0.25, -0.2) is 0 Å². The van der Waals surface area contributed by atoms with Crippen molar-refractivity contribution in [3.8, 4) is 0 Å². The molecule has 0 radical (unpaired) electrons. The zero-order chi connectivity index (χ0) is 12.8. The summed E-state index contributed by atoms with van der Waals surface area (Å²) in [7, 11) is 0. The normalized spacial score (nSPS) is 13.6. The maximum atomic E-state index is 5.81. The number of nitrogens with one attached hydrogen (secondary N) is 1. The Labute approximate surface area is 110 Å². The average Bonchev–Trinajstić information content (AvgIpc) is 2.72. The summed E-state index contributed by atoms with van der Waals surface area (Å²) >= 11 is 5.81. The predicted molar refractivity (Wildman–Crippen MR) is 73.4 cm³/mol. The van der Waals surface area contributed by atoms with Crippen molar-refractivity contribution in [3.63, 3.8) is 0 Å². The molecule has 1 heterocycles. The lowest BCUT2D eigenvalue weighted by molar-refractivity contribution is 0.385. The Bertz CT molecular complexity index is 320. The van der Waals surface area contributed by atoms with Crippen molar-refractivity contribution >= 4 is 11.6 Å². The van der Waals surface area contributed by atoms with Gasteiger partial charge >= 0.3 is 0 Å². The number of halogens is 1. The van der Waals surface area contributed by atoms with E-state index in [4.69, 9.17) is 11.6 Å². The molecule has 17 heavy (non-hydrogen) atoms. The van der Waals surface area contributed by atoms with Crippen LogP contribution < -0.4 is 5.32 Å². The molecule has 1 atom stereocenters. The highest BCUT2D eigenvalue weighted by atomic mass is 35.5. The third kappa shape index (κ3) is 4.68. The lowest BCUT2D eigenvalue weighted by Gasteiger charge is -2.20. The molecule has 1 rings (SSSR count). The topological polar surface area (TPSA) is 29.9 Å². The lowest BCUT2D eigenvalue weighted by Crippen LogP contribution is -2.33. The van der Waals surface area contributed by atoms with Crippen molar-refractivity contribution in [2.45, 2.75) is 52.7 Å². The fourth-order valence-corrected chi connectivity index (χ4v) is 2.02. The van der Waals surface area contributed by atoms with Gasteiger partial charge in [-0.15, -0.1) is 11.6 Å². The van der Waals surface area contributed by atoms with Crippen LogP contribution in [0, 0.1) is 5.92 Å². The maximum Gasteiger partial charge on any atom is 0.0762 e. The monoisotopic (exact) mass is 257 g/mol. The SMILES string of the molecule is CC(C)C(CCCl)NCc1ccn(C(C)C)n1. The molecule has 0 spiro atoms. The molecule has 1 N–H and O–H groups in total. The van der Waals surface area contributed by atoms with Crippen molar-refractivity contribution in [3.05, 3.63) is 18.0 Å². The van der Waals surface area contributed by atoms with Gasteiger partial charge in [-0.3, -0.25) is 4.68 Å². The van der Waals surface area contributed by atoms with Crippen molar-refractivity contribution in [1.82, 2.24) is 15.1 Å². The van der Waals surface area contributed by atoms with Crippen LogP contribution in [0.4, 0.5) is 0 Å². The summed E-state index contributed by atoms with van der Waals surface area (Å²) in [4.78, 5) is 0. The summed E-state index contributed by atoms with van der Waals surface area (Å²) in [5.41, 5.74) is 1.10. The van der Waals surface area contributed by atoms with Crippen molar-refractivity contribution in [1.29, 1.82) is 0 Å². The largest absolute Gasteiger partial charge is 0.308 e. The number of hydrogen-bond donors (Lipinski definition) is 1. The molecule has 0 aliphatic heterocycles. The van der Waals surface area contributed by atoms with E-state index in [1.165, 1.54) is 0 Å². The Morgan fingerprint density at radius 3 is 2.53 bits per heavy atom. The summed E-state index contributed by atoms with van der Waals surface area (Å²) < 4.78 is 1.99. The fourth-order valence-electron chi connectivity index (χ4n) is 1.78. The maximum absolute atomic E-state index is 5.81. The summed E-state index contributed by atoms with van der Waals surface area (Å²) in [6, 6.07) is 2.97. The van der Waals surface area contributed by atoms with Crippen molar-refractivity contribution in [2.75, 3.05) is 5.88 Å². The van der Waals surface area contributed by atoms with Gasteiger partial charge in [0.25, 0.3) is 0 Å². The minimum absolute atomic E-state index is 0.424. The van der Waals surface area contributed by atoms with Crippen LogP contribution in [0.2, 0.25) is 0 Å². The van der Waals surface area contributed by atoms with E-state index < -0.39 is 0 Å². The van der Waals surface area contributed by atoms with E-state index in [-0.39, 0.29) is 0 Å². The molecule has 0 aliphatic carbocycles. The van der Waals surface area contributed by atoms with Crippen LogP contribution in [0.15, 0.2) is 12.3 Å². The lowest BCUT2D eigenvalue weighted by atomic mass is 10.0. The number of nitrogens with zero attached hydrogens (tertiary/aromatic N) is 2. The highest BCUT2D eigenvalue weighted by molar-refractivity contribution is 6.17. The van der Waals surface area contributed by atoms with E-state index in [9.17, 15) is 0 Å². The van der Waals surface area contributed by atoms with E-state index in [2.05, 4.69) is 44.2 Å². The minimum Gasteiger partial charge on any atom is -0.308 e. The number of hydrogen-bond acceptors (Lipinski definition) is 2. The first-order valence-corrected chi connectivity index (χ1v) is 6.91. The second-order valence-corrected chi connectivity index (χ2v) is 5.47. The highest BCUT2D eigenvalue weighted by Crippen LogP contribution is 2.09. The molecule has 98 valence electrons. The van der Waals surface area contributed by atoms with Gasteiger partial charge in [0.15, 0.2) is 0 Å². The van der Waals surface area contributed by atoms with Gasteiger partial charge in [0.1, 0.15) is 0 Å². The van der Waals surface area contributed by atoms with Gasteiger partial charge in [-0.2, -0.15) is 5.10 Å². The third-order valence-electron chi connectivity index (χ3n) is 2.96. The van der Waals surface area contributed by atoms with Gasteiger partial charge in [-0.05, 0) is 32.3 Å². The zero-order valence-electron chi connectivity index (χ0n) is 11.3. The first-order valence-electron chi connectivity index (χ1n) is 6.38. The van der Waals surface area contributed by atoms with Crippen LogP contribution in [0.25, 0.3) is 0 Å². The Morgan fingerprint density at radius 2 is 2.06 bits per heavy atom. The molecule has 1 unspecified atom stereocenters. The second-order valence-electron chi connectivity index (χ2n) is 5.09. The van der Waals surface area contributed by atoms with Crippen molar-refractivity contribution in [2.24, 2.45) is 5.92 Å². The number of alkyl halides is 1. The third-order valence-corrected chi connectivity index (χ3v) is 3.18. The summed E-state index contributed by atoms with van der Waals surface area (Å²) in [5.74, 6) is 1.30. The van der Waals surface area contributed by atoms with Crippen LogP contribution in [-0.4, -0.2) is 21.7 Å². The molecule has 0 amide bonds. The molecular formula is C13H24ClN3. The van der Waals surface area contributed by atoms with Gasteiger partial charge < -0.3 is 5.32 Å². The number of rotatable bonds is 7. The predicted octanol–water partition coefficient (Wildman–Crippen LogP) is 3.21. The van der Waals surface area contributed by atoms with Crippen LogP contribution in [0.5, 0.6) is 0 Å². The minimum atomic E-state index is 0.424. The van der Waals surface area contributed by atoms with Gasteiger partial charge in [0, 0.05) is 30.7 Å². The molecule has 0 aliphatic rings. The Balaban J connectivity index is 2.47. The quantitative estimate of drug-likeness (QED) is 0.761. The molecule has 1 aromatic heterocycles. The van der Waals surface area contributed by atoms with E-state index in [0.717, 1.165) is 18.7 Å². The Morgan fingerprint density at radius 1 is 1.35 bits per heavy atom. The summed E-state index contributed by atoms with van der Waals surface area (Å²) in [5, 5.41) is 8.05. The highest BCUT2D eigenvalue weighted by Gasteiger charge is 2.12. The molecule has 0 aromatic carbocycles. The van der Waals surface area contributed by atoms with Gasteiger partial charge in [-0.1, -0.05) is 13.8 Å². The van der Waals surface area contributed by atoms with Gasteiger partial charge in [0.2, 0.25) is 0 Å². The van der Waals surface area contributed by atoms with Crippen LogP contribution in [0.1, 0.15) is 45.9 Å². The van der Waals surface area contributed by atoms with E-state index in [1.54, 1.807) is 0 Å². The first kappa shape index (κ1) is 14.5. The molecule has 3 nitrogen and oxygen atoms in total. The van der Waals surface area contributed by atoms with E-state index >= 15 is 0 Å². The molecule has 4 heteroatoms. The fraction of sp³-hybridized carbons (Fsp3) is 0.769. The molecule has 0 fully saturated rings. The zero-order valence-corrected chi connectivity index (χ0v) is 12.0. The first-order chi connectivity index (χ1) is 8.04. The summed E-state index contributed by atoms with van der Waals surface area (Å²) in [6.45, 7) is 9.52. The van der Waals surface area contributed by atoms with Crippen LogP contribution in [0.3, 0.4) is 0 Å². The van der Waals surface area contributed by atoms with Crippen LogP contribution in [-0.2, 0) is 6.54 Å². The van der Waals surface area contributed by atoms with Crippen LogP contribution >= 0.6 is 11.6 Å². The van der Waals surface area contributed by atoms with E-state index in [0.29, 0.717) is 23.9 Å². The molecule has 0 saturated heterocycles. The molecular weight excluding hydrogens is 234 g/mol. The average molecular weight is 258 g/mol. The second kappa shape index (κ2) is 7.02. The summed E-state index contributed by atoms with van der Waals surface area (Å²) in [6.07, 6.45) is 3.04. The Hall–Kier alpha value is -0.540. The standard InChI is InChI=1S/C13H24ClN3/c1-10(2)13(5-7-14)15-9-12-6-8-17(16-12)11(3)4/h6,8,10-11,13,15H,5,7,9H2,1-4H3. The Kier molecular flexibility index (Phi) is 6.00. The molecule has 0 saturated carbocycles. The van der Waals surface area contributed by atoms with Gasteiger partial charge in [0.05, 0.1) is 5.69 Å².